The van der Waals surface area contributed by atoms with E-state index in [0.29, 0.717) is 0 Å². The molecule has 3 aliphatic rings. The Hall–Kier alpha value is -3.25. The van der Waals surface area contributed by atoms with Crippen molar-refractivity contribution in [3.05, 3.63) is 0 Å². The number of aldehydes is 2. The van der Waals surface area contributed by atoms with Crippen molar-refractivity contribution in [2.75, 3.05) is 20.3 Å². The molecule has 10 unspecified atom stereocenters. The summed E-state index contributed by atoms with van der Waals surface area (Å²) in [6.07, 6.45) is -42.4. The van der Waals surface area contributed by atoms with E-state index < -0.39 is 196 Å². The minimum atomic E-state index is -5.91. The van der Waals surface area contributed by atoms with Crippen LogP contribution < -0.4 is 20.3 Å². The molecule has 0 bridgehead atoms. The largest absolute Gasteiger partial charge is 0.547 e. The van der Waals surface area contributed by atoms with Gasteiger partial charge in [0.15, 0.2) is 37.5 Å². The number of rotatable bonds is 25. The Kier molecular flexibility index (Phi) is 20.4. The Balaban J connectivity index is 2.14. The topological polar surface area (TPSA) is 555 Å². The fraction of sp³-hybridized carbons (Fsp3) is 0.815. The summed E-state index contributed by atoms with van der Waals surface area (Å²) in [4.78, 5) is 58.9. The van der Waals surface area contributed by atoms with E-state index in [1.54, 1.807) is 0 Å². The number of carbonyl (C=O) groups excluding carboxylic acids is 5. The zero-order chi connectivity index (χ0) is 51.1. The fourth-order valence-corrected chi connectivity index (χ4v) is 8.02. The molecule has 0 spiro atoms. The summed E-state index contributed by atoms with van der Waals surface area (Å²) in [5, 5.41) is 70.0. The number of carboxylic acids is 2. The molecule has 0 aromatic heterocycles. The van der Waals surface area contributed by atoms with Crippen molar-refractivity contribution in [2.45, 2.75) is 117 Å². The smallest absolute Gasteiger partial charge is 0.397 e. The highest BCUT2D eigenvalue weighted by Gasteiger charge is 2.57. The number of hydrogen-bond acceptors (Lipinski definition) is 30. The average molecular weight is 1060 g/mol. The highest BCUT2D eigenvalue weighted by molar-refractivity contribution is 7.83. The number of carbonyl (C=O) groups is 5. The van der Waals surface area contributed by atoms with Crippen molar-refractivity contribution in [2.24, 2.45) is 0 Å². The minimum Gasteiger partial charge on any atom is -0.547 e. The second-order valence-corrected chi connectivity index (χ2v) is 18.0. The zero-order valence-electron chi connectivity index (χ0n) is 33.3. The summed E-state index contributed by atoms with van der Waals surface area (Å²) in [5.41, 5.74) is 0. The lowest BCUT2D eigenvalue weighted by Crippen LogP contribution is -2.71. The van der Waals surface area contributed by atoms with Gasteiger partial charge in [0.05, 0.1) is 25.2 Å². The van der Waals surface area contributed by atoms with E-state index >= 15 is 0 Å². The normalized spacial score (nSPS) is 34.6. The van der Waals surface area contributed by atoms with Gasteiger partial charge in [-0.1, -0.05) is 0 Å². The standard InChI is InChI=1S/C27H42N2O34S4/c1-7(32)28-12-14(34)19(10(56-25(12)53-2)6-55-66(47,48)49)60-27-21(63-67(50,51)52)16(36)20(22(62-27)24(39)40)61-26-13(29-64(41,42)43)15(35)18(9(57-26)5-54-65(44,45)46)59-11(4-31)58-17(23(37)38)8(33)3-30/h3-4,8-22,25-27,29,33-36H,5-6H2,1-2H3,(H,28,32)(H,37,38)(H,39,40)(H,41,42,43)(H,44,45,46)(H,47,48,49)(H,50,51,52)/p-2/t8-,9?,10?,11-,12?,13?,14?,15?,16?,17?,18+,19+,20-,21?,22?,25+,26-,27+/m0/s1. The highest BCUT2D eigenvalue weighted by Crippen LogP contribution is 2.35. The van der Waals surface area contributed by atoms with Crippen LogP contribution in [-0.2, 0) is 116 Å². The molecule has 0 aromatic carbocycles. The molecule has 1 amide bonds. The maximum absolute atomic E-state index is 12.6. The van der Waals surface area contributed by atoms with Crippen LogP contribution in [0.2, 0.25) is 0 Å². The van der Waals surface area contributed by atoms with E-state index in [1.807, 2.05) is 0 Å². The second kappa shape index (κ2) is 23.6. The van der Waals surface area contributed by atoms with E-state index in [2.05, 4.69) is 22.6 Å². The van der Waals surface area contributed by atoms with Crippen LogP contribution in [0.1, 0.15) is 6.92 Å². The summed E-state index contributed by atoms with van der Waals surface area (Å²) in [6.45, 7) is -2.06. The Bertz CT molecular complexity index is 2190. The van der Waals surface area contributed by atoms with Crippen LogP contribution >= 0.6 is 0 Å². The maximum Gasteiger partial charge on any atom is 0.397 e. The van der Waals surface area contributed by atoms with Crippen LogP contribution in [-0.4, -0.2) is 234 Å². The third-order valence-electron chi connectivity index (χ3n) is 8.93. The average Bonchev–Trinajstić information content (AvgIpc) is 3.18. The molecule has 3 saturated heterocycles. The summed E-state index contributed by atoms with van der Waals surface area (Å²) < 4.78 is 188. The molecule has 67 heavy (non-hydrogen) atoms. The molecular weight excluding hydrogens is 1020 g/mol. The maximum atomic E-state index is 12.6. The molecule has 40 heteroatoms. The van der Waals surface area contributed by atoms with Crippen molar-refractivity contribution in [3.63, 3.8) is 0 Å². The summed E-state index contributed by atoms with van der Waals surface area (Å²) in [6, 6.07) is -4.45. The number of hydrogen-bond donors (Lipinski definition) is 10. The van der Waals surface area contributed by atoms with Crippen LogP contribution in [0.5, 0.6) is 0 Å². The predicted molar refractivity (Wildman–Crippen MR) is 190 cm³/mol. The number of nitrogens with one attached hydrogen (secondary N) is 2. The molecule has 3 heterocycles. The van der Waals surface area contributed by atoms with Gasteiger partial charge in [0, 0.05) is 14.0 Å². The first-order valence-corrected chi connectivity index (χ1v) is 23.3. The Morgan fingerprint density at radius 2 is 1.22 bits per heavy atom. The second-order valence-electron chi connectivity index (χ2n) is 13.6. The molecule has 0 saturated carbocycles. The van der Waals surface area contributed by atoms with Crippen LogP contribution in [0, 0.1) is 0 Å². The number of ether oxygens (including phenoxy) is 8. The van der Waals surface area contributed by atoms with Crippen molar-refractivity contribution in [3.8, 4) is 0 Å². The zero-order valence-corrected chi connectivity index (χ0v) is 36.6. The summed E-state index contributed by atoms with van der Waals surface area (Å²) >= 11 is 0. The lowest BCUT2D eigenvalue weighted by atomic mass is 9.94. The minimum absolute atomic E-state index is 0.422. The van der Waals surface area contributed by atoms with Gasteiger partial charge >= 0.3 is 41.5 Å². The van der Waals surface area contributed by atoms with Gasteiger partial charge in [-0.05, 0) is 0 Å². The predicted octanol–water partition coefficient (Wildman–Crippen LogP) is -11.9. The van der Waals surface area contributed by atoms with Gasteiger partial charge in [0.1, 0.15) is 79.2 Å². The van der Waals surface area contributed by atoms with Gasteiger partial charge in [-0.3, -0.25) is 27.8 Å². The van der Waals surface area contributed by atoms with Gasteiger partial charge in [0.25, 0.3) is 0 Å². The third-order valence-corrected chi connectivity index (χ3v) is 10.8. The van der Waals surface area contributed by atoms with Crippen LogP contribution in [0.3, 0.4) is 0 Å². The number of aliphatic hydroxyl groups is 4. The fourth-order valence-electron chi connectivity index (χ4n) is 6.33. The van der Waals surface area contributed by atoms with Gasteiger partial charge in [0.2, 0.25) is 12.2 Å². The van der Waals surface area contributed by atoms with E-state index in [1.165, 1.54) is 4.72 Å². The quantitative estimate of drug-likeness (QED) is 0.0231. The number of aliphatic carboxylic acids is 2. The molecule has 0 radical (unpaired) electrons. The van der Waals surface area contributed by atoms with Crippen LogP contribution in [0.15, 0.2) is 0 Å². The van der Waals surface area contributed by atoms with E-state index in [-0.39, 0.29) is 0 Å². The lowest BCUT2D eigenvalue weighted by molar-refractivity contribution is -0.380. The number of methoxy groups -OCH3 is 1. The van der Waals surface area contributed by atoms with E-state index in [4.69, 9.17) is 37.7 Å². The molecule has 3 fully saturated rings. The van der Waals surface area contributed by atoms with Crippen molar-refractivity contribution in [1.29, 1.82) is 0 Å². The SMILES string of the molecule is CO[C@@H]1OC(COS(=O)(=O)O)[C@@H](O[C@@H]2OC(C(=O)[O-])[C@@H](O[C@@H]3OC(COS(=O)(=O)O)[C@@H](O[C@@H](C=O)OC(C(=O)[O-])[C@@H](O)C=O)C(O)C3NS(=O)(=O)O)C(O)C2OS(=O)(=O)O)C(O)C1NC(C)=O. The first kappa shape index (κ1) is 58.1. The van der Waals surface area contributed by atoms with E-state index in [9.17, 15) is 102 Å². The van der Waals surface area contributed by atoms with Crippen LogP contribution in [0.4, 0.5) is 0 Å². The first-order chi connectivity index (χ1) is 30.7. The molecular formula is C27H40N2O34S4-2. The monoisotopic (exact) mass is 1060 g/mol. The lowest BCUT2D eigenvalue weighted by Gasteiger charge is -2.50. The van der Waals surface area contributed by atoms with Crippen LogP contribution in [0.25, 0.3) is 0 Å². The summed E-state index contributed by atoms with van der Waals surface area (Å²) in [5.74, 6) is -5.78. The number of carboxylic acid groups (broad SMARTS) is 2. The van der Waals surface area contributed by atoms with Gasteiger partial charge < -0.3 is 88.2 Å². The molecule has 3 aliphatic heterocycles. The molecule has 0 aromatic rings. The molecule has 10 N–H and O–H groups in total. The first-order valence-electron chi connectivity index (χ1n) is 17.8. The Morgan fingerprint density at radius 1 is 0.701 bits per heavy atom. The van der Waals surface area contributed by atoms with Crippen molar-refractivity contribution < 1.29 is 157 Å². The third kappa shape index (κ3) is 17.0. The van der Waals surface area contributed by atoms with Crippen molar-refractivity contribution in [1.82, 2.24) is 10.0 Å². The molecule has 0 aliphatic carbocycles. The Morgan fingerprint density at radius 3 is 1.67 bits per heavy atom. The molecule has 18 atom stereocenters. The Labute approximate surface area is 375 Å². The molecule has 3 rings (SSSR count). The summed E-state index contributed by atoms with van der Waals surface area (Å²) in [7, 11) is -21.6. The molecule has 388 valence electrons. The van der Waals surface area contributed by atoms with Gasteiger partial charge in [-0.2, -0.15) is 38.4 Å². The number of amides is 1. The van der Waals surface area contributed by atoms with Gasteiger partial charge in [-0.15, -0.1) is 0 Å². The van der Waals surface area contributed by atoms with Gasteiger partial charge in [-0.25, -0.2) is 12.5 Å². The van der Waals surface area contributed by atoms with Crippen molar-refractivity contribution >= 4 is 71.9 Å². The highest BCUT2D eigenvalue weighted by atomic mass is 32.3. The number of aliphatic hydroxyl groups excluding tert-OH is 4. The molecule has 36 nitrogen and oxygen atoms in total. The van der Waals surface area contributed by atoms with E-state index in [0.717, 1.165) is 14.0 Å².